The summed E-state index contributed by atoms with van der Waals surface area (Å²) in [5.74, 6) is 0. The molecule has 0 saturated carbocycles. The molecule has 0 amide bonds. The Morgan fingerprint density at radius 2 is 1.52 bits per heavy atom. The molecule has 0 aliphatic heterocycles. The lowest BCUT2D eigenvalue weighted by Gasteiger charge is -2.08. The Balaban J connectivity index is 2.29. The summed E-state index contributed by atoms with van der Waals surface area (Å²) >= 11 is 0. The Morgan fingerprint density at radius 1 is 0.952 bits per heavy atom. The van der Waals surface area contributed by atoms with Crippen LogP contribution in [-0.4, -0.2) is 9.78 Å². The number of aromatic amines is 1. The van der Waals surface area contributed by atoms with E-state index >= 15 is 0 Å². The first-order valence-corrected chi connectivity index (χ1v) is 6.86. The smallest absolute Gasteiger partial charge is 0.272 e. The van der Waals surface area contributed by atoms with Gasteiger partial charge in [-0.05, 0) is 5.56 Å². The average molecular weight is 276 g/mol. The Morgan fingerprint density at radius 3 is 2.10 bits per heavy atom. The zero-order valence-electron chi connectivity index (χ0n) is 11.6. The van der Waals surface area contributed by atoms with Crippen LogP contribution in [0, 0.1) is 0 Å². The summed E-state index contributed by atoms with van der Waals surface area (Å²) in [6, 6.07) is 19.7. The zero-order chi connectivity index (χ0) is 14.7. The molecule has 1 heterocycles. The third-order valence-electron chi connectivity index (χ3n) is 3.39. The van der Waals surface area contributed by atoms with E-state index in [4.69, 9.17) is 0 Å². The maximum Gasteiger partial charge on any atom is 0.272 e. The van der Waals surface area contributed by atoms with Gasteiger partial charge in [-0.1, -0.05) is 66.7 Å². The Bertz CT molecular complexity index is 798. The molecule has 0 radical (unpaired) electrons. The molecule has 104 valence electrons. The summed E-state index contributed by atoms with van der Waals surface area (Å²) in [7, 11) is 0. The normalized spacial score (nSPS) is 10.5. The molecule has 2 aromatic carbocycles. The van der Waals surface area contributed by atoms with Crippen LogP contribution in [-0.2, 0) is 6.54 Å². The van der Waals surface area contributed by atoms with Crippen molar-refractivity contribution >= 4 is 0 Å². The largest absolute Gasteiger partial charge is 0.280 e. The zero-order valence-corrected chi connectivity index (χ0v) is 11.6. The molecule has 0 atom stereocenters. The van der Waals surface area contributed by atoms with Crippen LogP contribution in [0.3, 0.4) is 0 Å². The third-order valence-corrected chi connectivity index (χ3v) is 3.39. The second-order valence-electron chi connectivity index (χ2n) is 4.80. The number of H-pyrrole nitrogens is 1. The van der Waals surface area contributed by atoms with Gasteiger partial charge in [0.15, 0.2) is 0 Å². The van der Waals surface area contributed by atoms with Crippen molar-refractivity contribution in [1.82, 2.24) is 9.78 Å². The van der Waals surface area contributed by atoms with E-state index in [9.17, 15) is 4.79 Å². The van der Waals surface area contributed by atoms with Crippen molar-refractivity contribution in [1.29, 1.82) is 0 Å². The fraction of sp³-hybridized carbons (Fsp3) is 0.0556. The minimum atomic E-state index is -0.0816. The number of allylic oxidation sites excluding steroid dienone is 1. The molecule has 1 aromatic heterocycles. The summed E-state index contributed by atoms with van der Waals surface area (Å²) in [6.07, 6.45) is 1.77. The van der Waals surface area contributed by atoms with E-state index in [0.717, 1.165) is 16.8 Å². The van der Waals surface area contributed by atoms with Gasteiger partial charge in [0.1, 0.15) is 0 Å². The highest BCUT2D eigenvalue weighted by molar-refractivity contribution is 5.80. The van der Waals surface area contributed by atoms with Crippen LogP contribution in [0.15, 0.2) is 78.1 Å². The topological polar surface area (TPSA) is 37.8 Å². The van der Waals surface area contributed by atoms with Gasteiger partial charge in [0.2, 0.25) is 0 Å². The van der Waals surface area contributed by atoms with Gasteiger partial charge >= 0.3 is 0 Å². The summed E-state index contributed by atoms with van der Waals surface area (Å²) < 4.78 is 1.84. The first-order chi connectivity index (χ1) is 10.3. The van der Waals surface area contributed by atoms with E-state index < -0.39 is 0 Å². The van der Waals surface area contributed by atoms with E-state index in [2.05, 4.69) is 11.7 Å². The minimum absolute atomic E-state index is 0.0816. The summed E-state index contributed by atoms with van der Waals surface area (Å²) in [6.45, 7) is 4.32. The molecule has 0 fully saturated rings. The number of hydrogen-bond acceptors (Lipinski definition) is 1. The molecule has 0 aliphatic rings. The Hall–Kier alpha value is -2.81. The number of nitrogens with one attached hydrogen (secondary N) is 1. The van der Waals surface area contributed by atoms with Crippen molar-refractivity contribution in [3.63, 3.8) is 0 Å². The summed E-state index contributed by atoms with van der Waals surface area (Å²) in [5.41, 5.74) is 3.44. The molecule has 0 unspecified atom stereocenters. The number of benzene rings is 2. The van der Waals surface area contributed by atoms with Crippen LogP contribution in [0.5, 0.6) is 0 Å². The van der Waals surface area contributed by atoms with E-state index in [1.54, 1.807) is 6.08 Å². The van der Waals surface area contributed by atoms with Crippen molar-refractivity contribution in [3.8, 4) is 22.4 Å². The van der Waals surface area contributed by atoms with E-state index in [1.165, 1.54) is 0 Å². The summed E-state index contributed by atoms with van der Waals surface area (Å²) in [5, 5.41) is 2.90. The molecule has 3 nitrogen and oxygen atoms in total. The average Bonchev–Trinajstić information content (AvgIpc) is 2.86. The quantitative estimate of drug-likeness (QED) is 0.725. The first kappa shape index (κ1) is 13.2. The van der Waals surface area contributed by atoms with Crippen molar-refractivity contribution in [2.45, 2.75) is 6.54 Å². The van der Waals surface area contributed by atoms with Crippen molar-refractivity contribution in [2.24, 2.45) is 0 Å². The molecule has 3 heteroatoms. The fourth-order valence-electron chi connectivity index (χ4n) is 2.51. The lowest BCUT2D eigenvalue weighted by atomic mass is 10.0. The maximum absolute atomic E-state index is 12.4. The predicted octanol–water partition coefficient (Wildman–Crippen LogP) is 3.70. The lowest BCUT2D eigenvalue weighted by molar-refractivity contribution is 0.702. The molecular formula is C18H16N2O. The molecule has 3 rings (SSSR count). The predicted molar refractivity (Wildman–Crippen MR) is 86.1 cm³/mol. The monoisotopic (exact) mass is 276 g/mol. The highest BCUT2D eigenvalue weighted by Gasteiger charge is 2.17. The number of aromatic nitrogens is 2. The van der Waals surface area contributed by atoms with E-state index in [0.29, 0.717) is 12.1 Å². The Labute approximate surface area is 123 Å². The van der Waals surface area contributed by atoms with Crippen LogP contribution >= 0.6 is 0 Å². The maximum atomic E-state index is 12.4. The Kier molecular flexibility index (Phi) is 3.56. The molecule has 0 spiro atoms. The van der Waals surface area contributed by atoms with Crippen molar-refractivity contribution in [2.75, 3.05) is 0 Å². The first-order valence-electron chi connectivity index (χ1n) is 6.86. The van der Waals surface area contributed by atoms with Gasteiger partial charge < -0.3 is 0 Å². The van der Waals surface area contributed by atoms with Crippen LogP contribution in [0.1, 0.15) is 0 Å². The van der Waals surface area contributed by atoms with Gasteiger partial charge in [0.25, 0.3) is 5.56 Å². The second kappa shape index (κ2) is 5.67. The molecule has 0 bridgehead atoms. The van der Waals surface area contributed by atoms with Crippen molar-refractivity contribution < 1.29 is 0 Å². The molecule has 0 saturated heterocycles. The van der Waals surface area contributed by atoms with Gasteiger partial charge in [-0.25, -0.2) is 0 Å². The highest BCUT2D eigenvalue weighted by atomic mass is 16.1. The number of nitrogens with zero attached hydrogens (tertiary/aromatic N) is 1. The van der Waals surface area contributed by atoms with E-state index in [1.807, 2.05) is 65.3 Å². The molecule has 1 N–H and O–H groups in total. The SMILES string of the molecule is C=CCn1[nH]c(=O)c(-c2ccccc2)c1-c1ccccc1. The van der Waals surface area contributed by atoms with Crippen LogP contribution in [0.4, 0.5) is 0 Å². The molecule has 21 heavy (non-hydrogen) atoms. The minimum Gasteiger partial charge on any atom is -0.280 e. The molecule has 3 aromatic rings. The summed E-state index contributed by atoms with van der Waals surface area (Å²) in [4.78, 5) is 12.4. The third kappa shape index (κ3) is 2.46. The standard InChI is InChI=1S/C18H16N2O/c1-2-13-20-17(15-11-7-4-8-12-15)16(18(21)19-20)14-9-5-3-6-10-14/h2-12H,1,13H2,(H,19,21). The highest BCUT2D eigenvalue weighted by Crippen LogP contribution is 2.29. The molecular weight excluding hydrogens is 260 g/mol. The van der Waals surface area contributed by atoms with Gasteiger partial charge in [0.05, 0.1) is 17.8 Å². The fourth-order valence-corrected chi connectivity index (χ4v) is 2.51. The van der Waals surface area contributed by atoms with Gasteiger partial charge in [-0.3, -0.25) is 14.6 Å². The number of rotatable bonds is 4. The van der Waals surface area contributed by atoms with E-state index in [-0.39, 0.29) is 5.56 Å². The van der Waals surface area contributed by atoms with Gasteiger partial charge in [-0.15, -0.1) is 6.58 Å². The van der Waals surface area contributed by atoms with Gasteiger partial charge in [-0.2, -0.15) is 0 Å². The van der Waals surface area contributed by atoms with Crippen LogP contribution < -0.4 is 5.56 Å². The second-order valence-corrected chi connectivity index (χ2v) is 4.80. The van der Waals surface area contributed by atoms with Crippen LogP contribution in [0.25, 0.3) is 22.4 Å². The molecule has 0 aliphatic carbocycles. The van der Waals surface area contributed by atoms with Gasteiger partial charge in [0, 0.05) is 5.56 Å². The van der Waals surface area contributed by atoms with Crippen molar-refractivity contribution in [3.05, 3.63) is 83.7 Å². The van der Waals surface area contributed by atoms with Crippen LogP contribution in [0.2, 0.25) is 0 Å². The lowest BCUT2D eigenvalue weighted by Crippen LogP contribution is -2.05. The number of hydrogen-bond donors (Lipinski definition) is 1.